The van der Waals surface area contributed by atoms with Crippen molar-refractivity contribution in [2.24, 2.45) is 0 Å². The Morgan fingerprint density at radius 1 is 1.00 bits per heavy atom. The first-order chi connectivity index (χ1) is 16.1. The second-order valence-electron chi connectivity index (χ2n) is 7.42. The lowest BCUT2D eigenvalue weighted by Crippen LogP contribution is -1.96. The summed E-state index contributed by atoms with van der Waals surface area (Å²) in [4.78, 5) is 16.2. The van der Waals surface area contributed by atoms with Crippen molar-refractivity contribution in [3.63, 3.8) is 0 Å². The van der Waals surface area contributed by atoms with Crippen LogP contribution in [-0.2, 0) is 4.79 Å². The Hall–Kier alpha value is -3.47. The highest BCUT2D eigenvalue weighted by Gasteiger charge is 2.15. The standard InChI is InChI=1S/C28H22ClNO2S/c1-2-23(24-5-3-4-6-25(24)29)28(21-10-7-19(8-11-21)9-16-27(31)32)22-14-12-20(13-15-22)26-17-30-18-33-26/h3-18H,2H2,1H3,(H,31,32)/b16-9+,28-23+. The van der Waals surface area contributed by atoms with E-state index in [2.05, 4.69) is 42.2 Å². The zero-order valence-corrected chi connectivity index (χ0v) is 19.6. The number of thiazole rings is 1. The van der Waals surface area contributed by atoms with E-state index in [-0.39, 0.29) is 0 Å². The number of hydrogen-bond acceptors (Lipinski definition) is 3. The number of benzene rings is 3. The summed E-state index contributed by atoms with van der Waals surface area (Å²) in [5.41, 5.74) is 9.20. The molecule has 0 radical (unpaired) electrons. The van der Waals surface area contributed by atoms with E-state index in [9.17, 15) is 4.79 Å². The molecule has 4 aromatic rings. The van der Waals surface area contributed by atoms with Gasteiger partial charge in [-0.3, -0.25) is 4.98 Å². The molecule has 1 heterocycles. The zero-order chi connectivity index (χ0) is 23.2. The minimum atomic E-state index is -0.965. The minimum Gasteiger partial charge on any atom is -0.478 e. The SMILES string of the molecule is CC/C(=C(/c1ccc(/C=C/C(=O)O)cc1)c1ccc(-c2cncs2)cc1)c1ccccc1Cl. The van der Waals surface area contributed by atoms with Gasteiger partial charge in [0, 0.05) is 17.3 Å². The number of halogens is 1. The Morgan fingerprint density at radius 2 is 1.67 bits per heavy atom. The van der Waals surface area contributed by atoms with E-state index in [1.54, 1.807) is 17.4 Å². The van der Waals surface area contributed by atoms with Crippen molar-refractivity contribution >= 4 is 46.1 Å². The van der Waals surface area contributed by atoms with Gasteiger partial charge in [-0.1, -0.05) is 85.3 Å². The summed E-state index contributed by atoms with van der Waals surface area (Å²) in [6.45, 7) is 2.13. The van der Waals surface area contributed by atoms with Crippen LogP contribution in [0.5, 0.6) is 0 Å². The average molecular weight is 472 g/mol. The van der Waals surface area contributed by atoms with Crippen LogP contribution in [-0.4, -0.2) is 16.1 Å². The molecule has 0 aliphatic heterocycles. The predicted molar refractivity (Wildman–Crippen MR) is 138 cm³/mol. The maximum Gasteiger partial charge on any atom is 0.328 e. The molecule has 0 aliphatic rings. The quantitative estimate of drug-likeness (QED) is 0.220. The topological polar surface area (TPSA) is 50.2 Å². The van der Waals surface area contributed by atoms with Crippen molar-refractivity contribution in [1.82, 2.24) is 4.98 Å². The van der Waals surface area contributed by atoms with Crippen LogP contribution >= 0.6 is 22.9 Å². The highest BCUT2D eigenvalue weighted by molar-refractivity contribution is 7.13. The molecule has 0 atom stereocenters. The van der Waals surface area contributed by atoms with E-state index in [1.165, 1.54) is 0 Å². The molecule has 4 rings (SSSR count). The number of nitrogens with zero attached hydrogens (tertiary/aromatic N) is 1. The number of allylic oxidation sites excluding steroid dienone is 1. The summed E-state index contributed by atoms with van der Waals surface area (Å²) in [5, 5.41) is 9.62. The van der Waals surface area contributed by atoms with Crippen LogP contribution in [0.15, 0.2) is 90.6 Å². The Kier molecular flexibility index (Phi) is 7.18. The fourth-order valence-corrected chi connectivity index (χ4v) is 4.69. The summed E-state index contributed by atoms with van der Waals surface area (Å²) in [7, 11) is 0. The van der Waals surface area contributed by atoms with E-state index >= 15 is 0 Å². The highest BCUT2D eigenvalue weighted by atomic mass is 35.5. The normalized spacial score (nSPS) is 12.1. The third-order valence-electron chi connectivity index (χ3n) is 5.36. The van der Waals surface area contributed by atoms with E-state index in [0.29, 0.717) is 5.02 Å². The van der Waals surface area contributed by atoms with Gasteiger partial charge >= 0.3 is 5.97 Å². The van der Waals surface area contributed by atoms with Crippen molar-refractivity contribution in [2.45, 2.75) is 13.3 Å². The molecule has 33 heavy (non-hydrogen) atoms. The molecule has 0 amide bonds. The summed E-state index contributed by atoms with van der Waals surface area (Å²) in [5.74, 6) is -0.965. The number of aromatic nitrogens is 1. The number of hydrogen-bond donors (Lipinski definition) is 1. The van der Waals surface area contributed by atoms with Gasteiger partial charge in [-0.05, 0) is 57.5 Å². The smallest absolute Gasteiger partial charge is 0.328 e. The zero-order valence-electron chi connectivity index (χ0n) is 18.0. The molecule has 1 N–H and O–H groups in total. The Morgan fingerprint density at radius 3 is 2.24 bits per heavy atom. The molecule has 3 nitrogen and oxygen atoms in total. The number of carbonyl (C=O) groups is 1. The van der Waals surface area contributed by atoms with Crippen LogP contribution in [0.2, 0.25) is 5.02 Å². The molecule has 0 spiro atoms. The van der Waals surface area contributed by atoms with Gasteiger partial charge < -0.3 is 5.11 Å². The Balaban J connectivity index is 1.85. The molecular formula is C28H22ClNO2S. The summed E-state index contributed by atoms with van der Waals surface area (Å²) < 4.78 is 0. The first-order valence-corrected chi connectivity index (χ1v) is 11.8. The Bertz CT molecular complexity index is 1310. The molecule has 1 aromatic heterocycles. The van der Waals surface area contributed by atoms with Crippen molar-refractivity contribution in [1.29, 1.82) is 0 Å². The number of rotatable bonds is 7. The molecule has 0 unspecified atom stereocenters. The summed E-state index contributed by atoms with van der Waals surface area (Å²) >= 11 is 8.22. The van der Waals surface area contributed by atoms with Gasteiger partial charge in [-0.2, -0.15) is 0 Å². The van der Waals surface area contributed by atoms with Gasteiger partial charge in [-0.25, -0.2) is 4.79 Å². The average Bonchev–Trinajstić information content (AvgIpc) is 3.38. The van der Waals surface area contributed by atoms with E-state index < -0.39 is 5.97 Å². The van der Waals surface area contributed by atoms with Gasteiger partial charge in [-0.15, -0.1) is 11.3 Å². The second-order valence-corrected chi connectivity index (χ2v) is 8.72. The maximum absolute atomic E-state index is 10.9. The van der Waals surface area contributed by atoms with Crippen LogP contribution in [0, 0.1) is 0 Å². The van der Waals surface area contributed by atoms with Crippen LogP contribution in [0.25, 0.3) is 27.7 Å². The van der Waals surface area contributed by atoms with Gasteiger partial charge in [0.25, 0.3) is 0 Å². The largest absolute Gasteiger partial charge is 0.478 e. The molecule has 5 heteroatoms. The van der Waals surface area contributed by atoms with Gasteiger partial charge in [0.05, 0.1) is 10.4 Å². The fraction of sp³-hybridized carbons (Fsp3) is 0.0714. The first kappa shape index (κ1) is 22.7. The first-order valence-electron chi connectivity index (χ1n) is 10.6. The molecule has 164 valence electrons. The fourth-order valence-electron chi connectivity index (χ4n) is 3.81. The van der Waals surface area contributed by atoms with Crippen molar-refractivity contribution in [3.8, 4) is 10.4 Å². The van der Waals surface area contributed by atoms with Gasteiger partial charge in [0.1, 0.15) is 0 Å². The van der Waals surface area contributed by atoms with Crippen molar-refractivity contribution in [2.75, 3.05) is 0 Å². The monoisotopic (exact) mass is 471 g/mol. The lowest BCUT2D eigenvalue weighted by atomic mass is 9.87. The number of carboxylic acids is 1. The molecule has 0 saturated heterocycles. The summed E-state index contributed by atoms with van der Waals surface area (Å²) in [6, 6.07) is 24.3. The van der Waals surface area contributed by atoms with E-state index in [1.807, 2.05) is 54.2 Å². The van der Waals surface area contributed by atoms with Crippen LogP contribution in [0.1, 0.15) is 35.6 Å². The lowest BCUT2D eigenvalue weighted by Gasteiger charge is -2.18. The second kappa shape index (κ2) is 10.4. The van der Waals surface area contributed by atoms with Gasteiger partial charge in [0.2, 0.25) is 0 Å². The molecule has 0 fully saturated rings. The minimum absolute atomic E-state index is 0.717. The molecule has 0 aliphatic carbocycles. The summed E-state index contributed by atoms with van der Waals surface area (Å²) in [6.07, 6.45) is 5.41. The van der Waals surface area contributed by atoms with Crippen molar-refractivity contribution in [3.05, 3.63) is 118 Å². The van der Waals surface area contributed by atoms with E-state index in [0.717, 1.165) is 56.3 Å². The van der Waals surface area contributed by atoms with E-state index in [4.69, 9.17) is 16.7 Å². The number of aliphatic carboxylic acids is 1. The van der Waals surface area contributed by atoms with Gasteiger partial charge in [0.15, 0.2) is 0 Å². The van der Waals surface area contributed by atoms with Crippen LogP contribution in [0.3, 0.4) is 0 Å². The Labute approximate surface area is 202 Å². The maximum atomic E-state index is 10.9. The molecular weight excluding hydrogens is 450 g/mol. The van der Waals surface area contributed by atoms with Crippen LogP contribution < -0.4 is 0 Å². The number of carboxylic acid groups (broad SMARTS) is 1. The third kappa shape index (κ3) is 5.30. The molecule has 3 aromatic carbocycles. The lowest BCUT2D eigenvalue weighted by molar-refractivity contribution is -0.131. The molecule has 0 saturated carbocycles. The molecule has 0 bridgehead atoms. The third-order valence-corrected chi connectivity index (χ3v) is 6.51. The highest BCUT2D eigenvalue weighted by Crippen LogP contribution is 2.38. The van der Waals surface area contributed by atoms with Crippen LogP contribution in [0.4, 0.5) is 0 Å². The van der Waals surface area contributed by atoms with Crippen molar-refractivity contribution < 1.29 is 9.90 Å². The predicted octanol–water partition coefficient (Wildman–Crippen LogP) is 7.93.